The lowest BCUT2D eigenvalue weighted by Gasteiger charge is -2.35. The van der Waals surface area contributed by atoms with E-state index in [0.717, 1.165) is 12.8 Å². The predicted octanol–water partition coefficient (Wildman–Crippen LogP) is -1.56. The van der Waals surface area contributed by atoms with Gasteiger partial charge in [0.15, 0.2) is 0 Å². The van der Waals surface area contributed by atoms with Gasteiger partial charge in [-0.05, 0) is 12.8 Å². The molecule has 0 bridgehead atoms. The second-order valence-electron chi connectivity index (χ2n) is 4.86. The van der Waals surface area contributed by atoms with E-state index in [0.29, 0.717) is 19.1 Å². The standard InChI is InChI=1S/C11H18N4O3.ClH/c12-8(5-9(13)16)11(18)14-3-4-15(7-1-2-7)10(17)6-14;/h7-8H,1-6,12H2,(H2,13,16);1H. The molecule has 1 aliphatic heterocycles. The Hall–Kier alpha value is -1.34. The van der Waals surface area contributed by atoms with Gasteiger partial charge in [-0.2, -0.15) is 0 Å². The second kappa shape index (κ2) is 6.21. The van der Waals surface area contributed by atoms with Gasteiger partial charge in [0.1, 0.15) is 0 Å². The van der Waals surface area contributed by atoms with Crippen molar-refractivity contribution < 1.29 is 14.4 Å². The Morgan fingerprint density at radius 3 is 2.42 bits per heavy atom. The predicted molar refractivity (Wildman–Crippen MR) is 70.3 cm³/mol. The van der Waals surface area contributed by atoms with Crippen LogP contribution in [-0.2, 0) is 14.4 Å². The first-order chi connectivity index (χ1) is 8.49. The van der Waals surface area contributed by atoms with Crippen molar-refractivity contribution in [2.24, 2.45) is 11.5 Å². The lowest BCUT2D eigenvalue weighted by Crippen LogP contribution is -2.56. The van der Waals surface area contributed by atoms with Gasteiger partial charge in [0.2, 0.25) is 17.7 Å². The SMILES string of the molecule is Cl.NC(=O)CC(N)C(=O)N1CCN(C2CC2)C(=O)C1. The van der Waals surface area contributed by atoms with Gasteiger partial charge < -0.3 is 21.3 Å². The van der Waals surface area contributed by atoms with Crippen LogP contribution in [0.15, 0.2) is 0 Å². The Bertz CT molecular complexity index is 386. The molecular weight excluding hydrogens is 272 g/mol. The summed E-state index contributed by atoms with van der Waals surface area (Å²) < 4.78 is 0. The molecule has 1 saturated carbocycles. The normalized spacial score (nSPS) is 20.8. The summed E-state index contributed by atoms with van der Waals surface area (Å²) in [4.78, 5) is 37.7. The van der Waals surface area contributed by atoms with E-state index in [4.69, 9.17) is 11.5 Å². The minimum Gasteiger partial charge on any atom is -0.370 e. The molecule has 19 heavy (non-hydrogen) atoms. The fourth-order valence-corrected chi connectivity index (χ4v) is 2.19. The van der Waals surface area contributed by atoms with Crippen molar-refractivity contribution >= 4 is 30.1 Å². The molecule has 4 N–H and O–H groups in total. The highest BCUT2D eigenvalue weighted by Gasteiger charge is 2.37. The second-order valence-corrected chi connectivity index (χ2v) is 4.86. The van der Waals surface area contributed by atoms with Crippen LogP contribution in [0.4, 0.5) is 0 Å². The molecular formula is C11H19ClN4O3. The zero-order valence-electron chi connectivity index (χ0n) is 10.6. The summed E-state index contributed by atoms with van der Waals surface area (Å²) >= 11 is 0. The minimum atomic E-state index is -0.942. The van der Waals surface area contributed by atoms with Gasteiger partial charge in [0.25, 0.3) is 0 Å². The number of halogens is 1. The molecule has 2 aliphatic rings. The van der Waals surface area contributed by atoms with E-state index in [9.17, 15) is 14.4 Å². The van der Waals surface area contributed by atoms with Crippen molar-refractivity contribution in [1.29, 1.82) is 0 Å². The van der Waals surface area contributed by atoms with Crippen molar-refractivity contribution in [3.05, 3.63) is 0 Å². The lowest BCUT2D eigenvalue weighted by atomic mass is 10.1. The monoisotopic (exact) mass is 290 g/mol. The molecule has 1 atom stereocenters. The third-order valence-corrected chi connectivity index (χ3v) is 3.29. The summed E-state index contributed by atoms with van der Waals surface area (Å²) in [5.74, 6) is -1.03. The molecule has 1 unspecified atom stereocenters. The number of hydrogen-bond donors (Lipinski definition) is 2. The highest BCUT2D eigenvalue weighted by molar-refractivity contribution is 5.91. The number of piperazine rings is 1. The van der Waals surface area contributed by atoms with Gasteiger partial charge in [0, 0.05) is 19.1 Å². The molecule has 7 nitrogen and oxygen atoms in total. The fourth-order valence-electron chi connectivity index (χ4n) is 2.19. The smallest absolute Gasteiger partial charge is 0.242 e. The number of nitrogens with two attached hydrogens (primary N) is 2. The number of hydrogen-bond acceptors (Lipinski definition) is 4. The first kappa shape index (κ1) is 15.7. The van der Waals surface area contributed by atoms with Crippen molar-refractivity contribution in [3.63, 3.8) is 0 Å². The van der Waals surface area contributed by atoms with Crippen molar-refractivity contribution in [2.45, 2.75) is 31.3 Å². The number of carbonyl (C=O) groups excluding carboxylic acids is 3. The van der Waals surface area contributed by atoms with Crippen molar-refractivity contribution in [2.75, 3.05) is 19.6 Å². The van der Waals surface area contributed by atoms with Crippen LogP contribution >= 0.6 is 12.4 Å². The molecule has 0 spiro atoms. The Labute approximate surface area is 117 Å². The maximum atomic E-state index is 11.9. The number of nitrogens with zero attached hydrogens (tertiary/aromatic N) is 2. The van der Waals surface area contributed by atoms with Crippen LogP contribution in [0.3, 0.4) is 0 Å². The summed E-state index contributed by atoms with van der Waals surface area (Å²) in [6.07, 6.45) is 1.93. The molecule has 0 radical (unpaired) electrons. The summed E-state index contributed by atoms with van der Waals surface area (Å²) in [5, 5.41) is 0. The Morgan fingerprint density at radius 1 is 1.32 bits per heavy atom. The summed E-state index contributed by atoms with van der Waals surface area (Å²) in [7, 11) is 0. The zero-order chi connectivity index (χ0) is 13.3. The minimum absolute atomic E-state index is 0. The largest absolute Gasteiger partial charge is 0.370 e. The Morgan fingerprint density at radius 2 is 1.95 bits per heavy atom. The molecule has 0 aromatic rings. The van der Waals surface area contributed by atoms with Gasteiger partial charge in [-0.3, -0.25) is 14.4 Å². The number of carbonyl (C=O) groups is 3. The van der Waals surface area contributed by atoms with E-state index < -0.39 is 11.9 Å². The van der Waals surface area contributed by atoms with E-state index in [2.05, 4.69) is 0 Å². The van der Waals surface area contributed by atoms with Crippen molar-refractivity contribution in [3.8, 4) is 0 Å². The Kier molecular flexibility index (Phi) is 5.13. The molecule has 1 aliphatic carbocycles. The number of rotatable bonds is 4. The maximum absolute atomic E-state index is 11.9. The fraction of sp³-hybridized carbons (Fsp3) is 0.727. The number of amides is 3. The molecule has 3 amide bonds. The third kappa shape index (κ3) is 3.81. The molecule has 1 saturated heterocycles. The van der Waals surface area contributed by atoms with E-state index >= 15 is 0 Å². The highest BCUT2D eigenvalue weighted by Crippen LogP contribution is 2.28. The van der Waals surface area contributed by atoms with E-state index in [1.54, 1.807) is 0 Å². The van der Waals surface area contributed by atoms with Gasteiger partial charge in [-0.15, -0.1) is 12.4 Å². The first-order valence-corrected chi connectivity index (χ1v) is 6.11. The van der Waals surface area contributed by atoms with Crippen molar-refractivity contribution in [1.82, 2.24) is 9.80 Å². The Balaban J connectivity index is 0.00000180. The van der Waals surface area contributed by atoms with E-state index in [1.165, 1.54) is 4.90 Å². The molecule has 2 rings (SSSR count). The third-order valence-electron chi connectivity index (χ3n) is 3.29. The average Bonchev–Trinajstić information content (AvgIpc) is 3.11. The van der Waals surface area contributed by atoms with Gasteiger partial charge in [0.05, 0.1) is 19.0 Å². The van der Waals surface area contributed by atoms with Gasteiger partial charge in [-0.1, -0.05) is 0 Å². The molecule has 2 fully saturated rings. The number of primary amides is 1. The maximum Gasteiger partial charge on any atom is 0.242 e. The molecule has 0 aromatic carbocycles. The van der Waals surface area contributed by atoms with Crippen LogP contribution in [0.2, 0.25) is 0 Å². The summed E-state index contributed by atoms with van der Waals surface area (Å²) in [6.45, 7) is 1.09. The lowest BCUT2D eigenvalue weighted by molar-refractivity contribution is -0.146. The van der Waals surface area contributed by atoms with E-state index in [1.807, 2.05) is 4.90 Å². The quantitative estimate of drug-likeness (QED) is 0.653. The van der Waals surface area contributed by atoms with Crippen LogP contribution in [0.1, 0.15) is 19.3 Å². The molecule has 8 heteroatoms. The van der Waals surface area contributed by atoms with Gasteiger partial charge >= 0.3 is 0 Å². The zero-order valence-corrected chi connectivity index (χ0v) is 11.4. The summed E-state index contributed by atoms with van der Waals surface area (Å²) in [6, 6.07) is -0.572. The van der Waals surface area contributed by atoms with E-state index in [-0.39, 0.29) is 37.2 Å². The average molecular weight is 291 g/mol. The highest BCUT2D eigenvalue weighted by atomic mass is 35.5. The van der Waals surface area contributed by atoms with Gasteiger partial charge in [-0.25, -0.2) is 0 Å². The first-order valence-electron chi connectivity index (χ1n) is 6.11. The van der Waals surface area contributed by atoms with Crippen LogP contribution < -0.4 is 11.5 Å². The molecule has 0 aromatic heterocycles. The topological polar surface area (TPSA) is 110 Å². The van der Waals surface area contributed by atoms with Crippen LogP contribution in [-0.4, -0.2) is 59.2 Å². The van der Waals surface area contributed by atoms with Crippen LogP contribution in [0.5, 0.6) is 0 Å². The van der Waals surface area contributed by atoms with Crippen LogP contribution in [0, 0.1) is 0 Å². The summed E-state index contributed by atoms with van der Waals surface area (Å²) in [5.41, 5.74) is 10.6. The molecule has 108 valence electrons. The van der Waals surface area contributed by atoms with Crippen LogP contribution in [0.25, 0.3) is 0 Å². The molecule has 1 heterocycles.